The zero-order chi connectivity index (χ0) is 14.8. The van der Waals surface area contributed by atoms with Gasteiger partial charge in [-0.3, -0.25) is 4.90 Å². The second-order valence-electron chi connectivity index (χ2n) is 5.46. The summed E-state index contributed by atoms with van der Waals surface area (Å²) in [6, 6.07) is 6.98. The van der Waals surface area contributed by atoms with Crippen LogP contribution in [0.2, 0.25) is 0 Å². The summed E-state index contributed by atoms with van der Waals surface area (Å²) >= 11 is 0. The molecule has 1 aliphatic heterocycles. The number of hydrogen-bond donors (Lipinski definition) is 1. The van der Waals surface area contributed by atoms with Crippen LogP contribution in [0.5, 0.6) is 0 Å². The van der Waals surface area contributed by atoms with Gasteiger partial charge in [0.05, 0.1) is 11.0 Å². The fourth-order valence-corrected chi connectivity index (χ4v) is 3.31. The van der Waals surface area contributed by atoms with E-state index in [9.17, 15) is 13.5 Å². The molecule has 0 aliphatic carbocycles. The van der Waals surface area contributed by atoms with Crippen LogP contribution < -0.4 is 0 Å². The Kier molecular flexibility index (Phi) is 4.80. The number of hydrogen-bond acceptors (Lipinski definition) is 4. The molecule has 0 aromatic heterocycles. The minimum absolute atomic E-state index is 0.239. The van der Waals surface area contributed by atoms with Crippen LogP contribution in [0.1, 0.15) is 18.4 Å². The Morgan fingerprint density at radius 3 is 2.50 bits per heavy atom. The molecule has 0 radical (unpaired) electrons. The summed E-state index contributed by atoms with van der Waals surface area (Å²) in [4.78, 5) is 2.51. The maximum Gasteiger partial charge on any atom is 0.242 e. The first-order valence-corrected chi connectivity index (χ1v) is 8.25. The fourth-order valence-electron chi connectivity index (χ4n) is 2.41. The summed E-state index contributed by atoms with van der Waals surface area (Å²) in [5.41, 5.74) is 1.07. The Hall–Kier alpha value is -0.950. The van der Waals surface area contributed by atoms with E-state index in [0.717, 1.165) is 31.5 Å². The van der Waals surface area contributed by atoms with Crippen molar-refractivity contribution in [2.75, 3.05) is 27.2 Å². The van der Waals surface area contributed by atoms with Crippen molar-refractivity contribution in [3.8, 4) is 0 Å². The molecular formula is C14H22N2O3S. The molecule has 1 fully saturated rings. The SMILES string of the molecule is CN(C)S(=O)(=O)c1ccc(CN2CCC[C@@H](O)C2)cc1. The summed E-state index contributed by atoms with van der Waals surface area (Å²) < 4.78 is 25.1. The van der Waals surface area contributed by atoms with Gasteiger partial charge in [-0.1, -0.05) is 12.1 Å². The van der Waals surface area contributed by atoms with E-state index in [-0.39, 0.29) is 6.10 Å². The third-order valence-electron chi connectivity index (χ3n) is 3.59. The maximum absolute atomic E-state index is 12.0. The first kappa shape index (κ1) is 15.4. The summed E-state index contributed by atoms with van der Waals surface area (Å²) in [5.74, 6) is 0. The fraction of sp³-hybridized carbons (Fsp3) is 0.571. The number of benzene rings is 1. The molecule has 1 atom stereocenters. The summed E-state index contributed by atoms with van der Waals surface area (Å²) in [6.07, 6.45) is 1.64. The normalized spacial score (nSPS) is 21.3. The topological polar surface area (TPSA) is 60.9 Å². The van der Waals surface area contributed by atoms with Crippen molar-refractivity contribution in [2.45, 2.75) is 30.4 Å². The van der Waals surface area contributed by atoms with Gasteiger partial charge in [-0.05, 0) is 37.1 Å². The Morgan fingerprint density at radius 2 is 1.95 bits per heavy atom. The van der Waals surface area contributed by atoms with E-state index in [1.54, 1.807) is 12.1 Å². The van der Waals surface area contributed by atoms with Crippen molar-refractivity contribution in [1.29, 1.82) is 0 Å². The molecular weight excluding hydrogens is 276 g/mol. The average Bonchev–Trinajstić information content (AvgIpc) is 2.39. The number of sulfonamides is 1. The number of piperidine rings is 1. The molecule has 1 aromatic carbocycles. The van der Waals surface area contributed by atoms with Crippen molar-refractivity contribution >= 4 is 10.0 Å². The lowest BCUT2D eigenvalue weighted by Gasteiger charge is -2.30. The van der Waals surface area contributed by atoms with Crippen molar-refractivity contribution < 1.29 is 13.5 Å². The number of rotatable bonds is 4. The number of aliphatic hydroxyl groups excluding tert-OH is 1. The molecule has 0 bridgehead atoms. The second kappa shape index (κ2) is 6.22. The Bertz CT molecular complexity index is 540. The smallest absolute Gasteiger partial charge is 0.242 e. The molecule has 0 spiro atoms. The predicted octanol–water partition coefficient (Wildman–Crippen LogP) is 0.894. The van der Waals surface area contributed by atoms with E-state index in [1.807, 2.05) is 12.1 Å². The summed E-state index contributed by atoms with van der Waals surface area (Å²) in [6.45, 7) is 2.42. The first-order chi connectivity index (χ1) is 9.39. The standard InChI is InChI=1S/C14H22N2O3S/c1-15(2)20(18,19)14-7-5-12(6-8-14)10-16-9-3-4-13(17)11-16/h5-8,13,17H,3-4,9-11H2,1-2H3/t13-/m1/s1. The van der Waals surface area contributed by atoms with Crippen LogP contribution in [-0.2, 0) is 16.6 Å². The van der Waals surface area contributed by atoms with Gasteiger partial charge >= 0.3 is 0 Å². The molecule has 1 aromatic rings. The highest BCUT2D eigenvalue weighted by Crippen LogP contribution is 2.17. The lowest BCUT2D eigenvalue weighted by Crippen LogP contribution is -2.37. The number of nitrogens with zero attached hydrogens (tertiary/aromatic N) is 2. The molecule has 0 unspecified atom stereocenters. The van der Waals surface area contributed by atoms with Gasteiger partial charge in [-0.25, -0.2) is 12.7 Å². The van der Waals surface area contributed by atoms with Crippen molar-refractivity contribution in [2.24, 2.45) is 0 Å². The molecule has 0 saturated carbocycles. The van der Waals surface area contributed by atoms with E-state index >= 15 is 0 Å². The van der Waals surface area contributed by atoms with E-state index in [4.69, 9.17) is 0 Å². The largest absolute Gasteiger partial charge is 0.392 e. The zero-order valence-electron chi connectivity index (χ0n) is 12.0. The van der Waals surface area contributed by atoms with E-state index in [1.165, 1.54) is 18.4 Å². The van der Waals surface area contributed by atoms with Gasteiger partial charge in [-0.2, -0.15) is 0 Å². The predicted molar refractivity (Wildman–Crippen MR) is 77.8 cm³/mol. The minimum Gasteiger partial charge on any atom is -0.392 e. The molecule has 5 nitrogen and oxygen atoms in total. The minimum atomic E-state index is -3.36. The van der Waals surface area contributed by atoms with Crippen LogP contribution in [-0.4, -0.2) is 56.0 Å². The van der Waals surface area contributed by atoms with Gasteiger partial charge in [0, 0.05) is 27.2 Å². The molecule has 1 saturated heterocycles. The van der Waals surface area contributed by atoms with Crippen molar-refractivity contribution in [3.05, 3.63) is 29.8 Å². The first-order valence-electron chi connectivity index (χ1n) is 6.81. The van der Waals surface area contributed by atoms with Crippen LogP contribution in [0.15, 0.2) is 29.2 Å². The average molecular weight is 298 g/mol. The lowest BCUT2D eigenvalue weighted by atomic mass is 10.1. The number of β-amino-alcohol motifs (C(OH)–C–C–N with tert-alkyl or cyclic N) is 1. The highest BCUT2D eigenvalue weighted by molar-refractivity contribution is 7.89. The van der Waals surface area contributed by atoms with Crippen LogP contribution >= 0.6 is 0 Å². The molecule has 2 rings (SSSR count). The lowest BCUT2D eigenvalue weighted by molar-refractivity contribution is 0.0668. The molecule has 20 heavy (non-hydrogen) atoms. The third kappa shape index (κ3) is 3.58. The van der Waals surface area contributed by atoms with Crippen LogP contribution in [0, 0.1) is 0 Å². The Balaban J connectivity index is 2.05. The van der Waals surface area contributed by atoms with E-state index in [2.05, 4.69) is 4.90 Å². The van der Waals surface area contributed by atoms with Gasteiger partial charge in [0.15, 0.2) is 0 Å². The van der Waals surface area contributed by atoms with Gasteiger partial charge in [0.2, 0.25) is 10.0 Å². The van der Waals surface area contributed by atoms with Gasteiger partial charge in [0.1, 0.15) is 0 Å². The summed E-state index contributed by atoms with van der Waals surface area (Å²) in [7, 11) is -0.303. The van der Waals surface area contributed by atoms with Crippen LogP contribution in [0.3, 0.4) is 0 Å². The molecule has 6 heteroatoms. The number of likely N-dealkylation sites (tertiary alicyclic amines) is 1. The molecule has 1 N–H and O–H groups in total. The Morgan fingerprint density at radius 1 is 1.30 bits per heavy atom. The van der Waals surface area contributed by atoms with Crippen molar-refractivity contribution in [3.63, 3.8) is 0 Å². The third-order valence-corrected chi connectivity index (χ3v) is 5.42. The highest BCUT2D eigenvalue weighted by Gasteiger charge is 2.19. The van der Waals surface area contributed by atoms with Crippen molar-refractivity contribution in [1.82, 2.24) is 9.21 Å². The number of aliphatic hydroxyl groups is 1. The van der Waals surface area contributed by atoms with Crippen LogP contribution in [0.25, 0.3) is 0 Å². The van der Waals surface area contributed by atoms with Gasteiger partial charge in [0.25, 0.3) is 0 Å². The highest BCUT2D eigenvalue weighted by atomic mass is 32.2. The van der Waals surface area contributed by atoms with Gasteiger partial charge in [-0.15, -0.1) is 0 Å². The molecule has 0 amide bonds. The molecule has 1 heterocycles. The molecule has 1 aliphatic rings. The molecule has 112 valence electrons. The van der Waals surface area contributed by atoms with E-state index < -0.39 is 10.0 Å². The summed E-state index contributed by atoms with van der Waals surface area (Å²) in [5, 5.41) is 9.64. The monoisotopic (exact) mass is 298 g/mol. The quantitative estimate of drug-likeness (QED) is 0.897. The Labute approximate surface area is 120 Å². The van der Waals surface area contributed by atoms with Gasteiger partial charge < -0.3 is 5.11 Å². The zero-order valence-corrected chi connectivity index (χ0v) is 12.8. The second-order valence-corrected chi connectivity index (χ2v) is 7.61. The van der Waals surface area contributed by atoms with Crippen LogP contribution in [0.4, 0.5) is 0 Å². The maximum atomic E-state index is 12.0. The van der Waals surface area contributed by atoms with E-state index in [0.29, 0.717) is 11.4 Å².